The van der Waals surface area contributed by atoms with Crippen molar-refractivity contribution in [3.63, 3.8) is 0 Å². The zero-order valence-electron chi connectivity index (χ0n) is 11.3. The van der Waals surface area contributed by atoms with E-state index in [9.17, 15) is 0 Å². The summed E-state index contributed by atoms with van der Waals surface area (Å²) >= 11 is 0. The van der Waals surface area contributed by atoms with Crippen molar-refractivity contribution < 1.29 is 5.11 Å². The molecule has 0 aromatic rings. The largest absolute Gasteiger partial charge is 0.400 e. The Labute approximate surface area is 86.6 Å². The van der Waals surface area contributed by atoms with E-state index < -0.39 is 0 Å². The van der Waals surface area contributed by atoms with E-state index in [0.717, 1.165) is 18.9 Å². The maximum Gasteiger partial charge on any atom is 0.0319 e. The monoisotopic (exact) mass is 192 g/mol. The average Bonchev–Trinajstić information content (AvgIpc) is 1.89. The van der Waals surface area contributed by atoms with Gasteiger partial charge in [0, 0.05) is 7.11 Å². The Morgan fingerprint density at radius 2 is 0.692 bits per heavy atom. The molecule has 0 atom stereocenters. The van der Waals surface area contributed by atoms with Crippen LogP contribution >= 0.6 is 0 Å². The molecule has 0 fully saturated rings. The van der Waals surface area contributed by atoms with Crippen molar-refractivity contribution >= 4 is 0 Å². The molecule has 0 aromatic heterocycles. The van der Waals surface area contributed by atoms with Crippen LogP contribution in [-0.2, 0) is 0 Å². The lowest BCUT2D eigenvalue weighted by Gasteiger charge is -1.79. The highest BCUT2D eigenvalue weighted by molar-refractivity contribution is 4.21. The quantitative estimate of drug-likeness (QED) is 0.605. The molecule has 1 nitrogen and oxygen atoms in total. The Morgan fingerprint density at radius 3 is 0.692 bits per heavy atom. The first kappa shape index (κ1) is 23.1. The summed E-state index contributed by atoms with van der Waals surface area (Å²) in [6.45, 7) is 17.2. The van der Waals surface area contributed by atoms with E-state index in [1.54, 1.807) is 0 Å². The molecule has 1 heteroatoms. The van der Waals surface area contributed by atoms with Gasteiger partial charge in [0.25, 0.3) is 0 Å². The molecule has 0 amide bonds. The molecule has 86 valence electrons. The predicted octanol–water partition coefficient (Wildman–Crippen LogP) is 4.35. The van der Waals surface area contributed by atoms with E-state index in [2.05, 4.69) is 55.4 Å². The lowest BCUT2D eigenvalue weighted by Crippen LogP contribution is -1.66. The number of aliphatic hydroxyl groups is 1. The number of hydrogen-bond acceptors (Lipinski definition) is 1. The van der Waals surface area contributed by atoms with Gasteiger partial charge in [0.2, 0.25) is 0 Å². The summed E-state index contributed by atoms with van der Waals surface area (Å²) in [5.74, 6) is 1.67. The molecule has 0 bridgehead atoms. The van der Waals surface area contributed by atoms with Crippen molar-refractivity contribution in [2.45, 2.75) is 61.8 Å². The van der Waals surface area contributed by atoms with Gasteiger partial charge in [0.15, 0.2) is 0 Å². The van der Waals surface area contributed by atoms with Gasteiger partial charge in [0.05, 0.1) is 0 Å². The molecular formula is C12H32O. The predicted molar refractivity (Wildman–Crippen MR) is 65.1 cm³/mol. The molecule has 13 heavy (non-hydrogen) atoms. The van der Waals surface area contributed by atoms with Crippen LogP contribution < -0.4 is 0 Å². The van der Waals surface area contributed by atoms with E-state index in [1.807, 2.05) is 0 Å². The fourth-order valence-electron chi connectivity index (χ4n) is 0. The standard InChI is InChI=1S/2C4H10.C3H8.CH4O/c2*1-4(2)3;1-3-2;1-2/h2*4H,1-3H3;3H2,1-2H3;2H,1H3. The zero-order chi connectivity index (χ0) is 11.9. The fraction of sp³-hybridized carbons (Fsp3) is 1.00. The summed E-state index contributed by atoms with van der Waals surface area (Å²) in [6.07, 6.45) is 1.25. The highest BCUT2D eigenvalue weighted by Crippen LogP contribution is 1.81. The minimum atomic E-state index is 0.833. The highest BCUT2D eigenvalue weighted by Gasteiger charge is 1.68. The molecule has 0 rings (SSSR count). The van der Waals surface area contributed by atoms with Crippen LogP contribution in [0.4, 0.5) is 0 Å². The summed E-state index contributed by atoms with van der Waals surface area (Å²) in [7, 11) is 1.00. The molecular weight excluding hydrogens is 160 g/mol. The number of rotatable bonds is 0. The topological polar surface area (TPSA) is 20.2 Å². The van der Waals surface area contributed by atoms with Crippen LogP contribution in [0.2, 0.25) is 0 Å². The first-order valence-corrected chi connectivity index (χ1v) is 5.33. The van der Waals surface area contributed by atoms with Gasteiger partial charge >= 0.3 is 0 Å². The second kappa shape index (κ2) is 29.7. The van der Waals surface area contributed by atoms with Gasteiger partial charge in [-0.25, -0.2) is 0 Å². The zero-order valence-corrected chi connectivity index (χ0v) is 11.3. The van der Waals surface area contributed by atoms with Gasteiger partial charge in [-0.1, -0.05) is 61.8 Å². The summed E-state index contributed by atoms with van der Waals surface area (Å²) in [5.41, 5.74) is 0. The minimum Gasteiger partial charge on any atom is -0.400 e. The molecule has 1 N–H and O–H groups in total. The van der Waals surface area contributed by atoms with Crippen molar-refractivity contribution in [1.29, 1.82) is 0 Å². The third-order valence-electron chi connectivity index (χ3n) is 0. The van der Waals surface area contributed by atoms with Crippen LogP contribution in [0.25, 0.3) is 0 Å². The molecule has 0 heterocycles. The van der Waals surface area contributed by atoms with Crippen molar-refractivity contribution in [3.8, 4) is 0 Å². The Balaban J connectivity index is -0.0000000431. The summed E-state index contributed by atoms with van der Waals surface area (Å²) in [5, 5.41) is 7.00. The summed E-state index contributed by atoms with van der Waals surface area (Å²) in [6, 6.07) is 0. The molecule has 0 aliphatic rings. The third-order valence-corrected chi connectivity index (χ3v) is 0. The maximum absolute atomic E-state index is 7.00. The van der Waals surface area contributed by atoms with Crippen LogP contribution in [0.3, 0.4) is 0 Å². The molecule has 0 aliphatic heterocycles. The van der Waals surface area contributed by atoms with Gasteiger partial charge in [-0.15, -0.1) is 0 Å². The van der Waals surface area contributed by atoms with E-state index in [-0.39, 0.29) is 0 Å². The Kier molecular flexibility index (Phi) is 52.7. The van der Waals surface area contributed by atoms with E-state index >= 15 is 0 Å². The minimum absolute atomic E-state index is 0.833. The molecule has 0 saturated heterocycles. The number of hydrogen-bond donors (Lipinski definition) is 1. The maximum atomic E-state index is 7.00. The lowest BCUT2D eigenvalue weighted by atomic mass is 10.3. The molecule has 0 saturated carbocycles. The molecule has 0 unspecified atom stereocenters. The Hall–Kier alpha value is -0.0400. The second-order valence-corrected chi connectivity index (χ2v) is 4.17. The Bertz CT molecular complexity index is 28.9. The third kappa shape index (κ3) is 742000. The average molecular weight is 192 g/mol. The smallest absolute Gasteiger partial charge is 0.0319 e. The first-order chi connectivity index (χ1) is 5.88. The van der Waals surface area contributed by atoms with Gasteiger partial charge in [-0.3, -0.25) is 0 Å². The number of aliphatic hydroxyl groups excluding tert-OH is 1. The van der Waals surface area contributed by atoms with Crippen molar-refractivity contribution in [2.24, 2.45) is 11.8 Å². The molecule has 0 aromatic carbocycles. The Morgan fingerprint density at radius 1 is 0.692 bits per heavy atom. The second-order valence-electron chi connectivity index (χ2n) is 4.17. The van der Waals surface area contributed by atoms with E-state index in [1.165, 1.54) is 6.42 Å². The lowest BCUT2D eigenvalue weighted by molar-refractivity contribution is 0.399. The van der Waals surface area contributed by atoms with E-state index in [0.29, 0.717) is 0 Å². The van der Waals surface area contributed by atoms with Crippen LogP contribution in [0, 0.1) is 11.8 Å². The van der Waals surface area contributed by atoms with Crippen LogP contribution in [0.5, 0.6) is 0 Å². The van der Waals surface area contributed by atoms with Crippen molar-refractivity contribution in [1.82, 2.24) is 0 Å². The molecule has 0 aliphatic carbocycles. The van der Waals surface area contributed by atoms with E-state index in [4.69, 9.17) is 5.11 Å². The summed E-state index contributed by atoms with van der Waals surface area (Å²) in [4.78, 5) is 0. The van der Waals surface area contributed by atoms with Crippen LogP contribution in [-0.4, -0.2) is 12.2 Å². The van der Waals surface area contributed by atoms with Crippen LogP contribution in [0.15, 0.2) is 0 Å². The molecule has 0 radical (unpaired) electrons. The van der Waals surface area contributed by atoms with Gasteiger partial charge in [0.1, 0.15) is 0 Å². The van der Waals surface area contributed by atoms with Crippen molar-refractivity contribution in [3.05, 3.63) is 0 Å². The fourth-order valence-corrected chi connectivity index (χ4v) is 0. The van der Waals surface area contributed by atoms with Crippen molar-refractivity contribution in [2.75, 3.05) is 7.11 Å². The van der Waals surface area contributed by atoms with Crippen LogP contribution in [0.1, 0.15) is 61.8 Å². The van der Waals surface area contributed by atoms with Gasteiger partial charge in [-0.2, -0.15) is 0 Å². The van der Waals surface area contributed by atoms with Gasteiger partial charge < -0.3 is 5.11 Å². The van der Waals surface area contributed by atoms with Gasteiger partial charge in [-0.05, 0) is 11.8 Å². The normalized spacial score (nSPS) is 7.38. The summed E-state index contributed by atoms with van der Waals surface area (Å²) < 4.78 is 0. The highest BCUT2D eigenvalue weighted by atomic mass is 16.2. The first-order valence-electron chi connectivity index (χ1n) is 5.33. The SMILES string of the molecule is CC(C)C.CC(C)C.CCC.CO. The molecule has 0 spiro atoms.